The molecule has 2 aliphatic rings. The van der Waals surface area contributed by atoms with Gasteiger partial charge in [-0.25, -0.2) is 0 Å². The molecule has 1 aliphatic carbocycles. The van der Waals surface area contributed by atoms with Crippen LogP contribution in [-0.4, -0.2) is 49.5 Å². The molecule has 0 amide bonds. The SMILES string of the molecule is CN(CC1(CO)COC1)C1CCC1. The summed E-state index contributed by atoms with van der Waals surface area (Å²) in [4.78, 5) is 2.39. The van der Waals surface area contributed by atoms with Gasteiger partial charge in [0.15, 0.2) is 0 Å². The first kappa shape index (κ1) is 9.44. The highest BCUT2D eigenvalue weighted by molar-refractivity contribution is 4.90. The normalized spacial score (nSPS) is 27.0. The maximum absolute atomic E-state index is 9.25. The summed E-state index contributed by atoms with van der Waals surface area (Å²) in [6, 6.07) is 0.768. The van der Waals surface area contributed by atoms with Gasteiger partial charge in [0.1, 0.15) is 0 Å². The number of ether oxygens (including phenoxy) is 1. The summed E-state index contributed by atoms with van der Waals surface area (Å²) in [7, 11) is 2.17. The van der Waals surface area contributed by atoms with E-state index in [0.717, 1.165) is 25.8 Å². The summed E-state index contributed by atoms with van der Waals surface area (Å²) >= 11 is 0. The lowest BCUT2D eigenvalue weighted by Crippen LogP contribution is -2.55. The van der Waals surface area contributed by atoms with Crippen molar-refractivity contribution in [3.63, 3.8) is 0 Å². The van der Waals surface area contributed by atoms with Crippen LogP contribution in [0.5, 0.6) is 0 Å². The molecule has 3 nitrogen and oxygen atoms in total. The van der Waals surface area contributed by atoms with Gasteiger partial charge in [-0.3, -0.25) is 0 Å². The van der Waals surface area contributed by atoms with E-state index < -0.39 is 0 Å². The molecular formula is C10H19NO2. The van der Waals surface area contributed by atoms with E-state index in [1.165, 1.54) is 19.3 Å². The smallest absolute Gasteiger partial charge is 0.0579 e. The van der Waals surface area contributed by atoms with E-state index in [2.05, 4.69) is 11.9 Å². The largest absolute Gasteiger partial charge is 0.396 e. The topological polar surface area (TPSA) is 32.7 Å². The fraction of sp³-hybridized carbons (Fsp3) is 1.00. The fourth-order valence-corrected chi connectivity index (χ4v) is 2.11. The maximum atomic E-state index is 9.25. The van der Waals surface area contributed by atoms with Crippen LogP contribution in [0.1, 0.15) is 19.3 Å². The Bertz CT molecular complexity index is 170. The second kappa shape index (κ2) is 3.56. The highest BCUT2D eigenvalue weighted by Crippen LogP contribution is 2.31. The Hall–Kier alpha value is -0.120. The lowest BCUT2D eigenvalue weighted by atomic mass is 9.84. The van der Waals surface area contributed by atoms with Crippen LogP contribution in [0.2, 0.25) is 0 Å². The van der Waals surface area contributed by atoms with Gasteiger partial charge in [-0.05, 0) is 19.9 Å². The van der Waals surface area contributed by atoms with Gasteiger partial charge in [-0.2, -0.15) is 0 Å². The summed E-state index contributed by atoms with van der Waals surface area (Å²) < 4.78 is 5.17. The molecule has 0 bridgehead atoms. The third kappa shape index (κ3) is 1.73. The van der Waals surface area contributed by atoms with E-state index in [4.69, 9.17) is 4.74 Å². The lowest BCUT2D eigenvalue weighted by Gasteiger charge is -2.46. The summed E-state index contributed by atoms with van der Waals surface area (Å²) in [6.07, 6.45) is 4.04. The van der Waals surface area contributed by atoms with E-state index in [1.807, 2.05) is 0 Å². The molecule has 1 saturated heterocycles. The summed E-state index contributed by atoms with van der Waals surface area (Å²) in [5.74, 6) is 0. The number of rotatable bonds is 4. The van der Waals surface area contributed by atoms with Crippen molar-refractivity contribution in [2.24, 2.45) is 5.41 Å². The van der Waals surface area contributed by atoms with Crippen LogP contribution in [0.25, 0.3) is 0 Å². The van der Waals surface area contributed by atoms with E-state index >= 15 is 0 Å². The first-order chi connectivity index (χ1) is 6.26. The van der Waals surface area contributed by atoms with Gasteiger partial charge in [0.2, 0.25) is 0 Å². The van der Waals surface area contributed by atoms with Crippen molar-refractivity contribution in [1.82, 2.24) is 4.90 Å². The third-order valence-corrected chi connectivity index (χ3v) is 3.43. The predicted octanol–water partition coefficient (Wildman–Crippen LogP) is 0.480. The first-order valence-corrected chi connectivity index (χ1v) is 5.15. The minimum Gasteiger partial charge on any atom is -0.396 e. The van der Waals surface area contributed by atoms with Gasteiger partial charge < -0.3 is 14.7 Å². The molecule has 76 valence electrons. The Labute approximate surface area is 79.7 Å². The Morgan fingerprint density at radius 3 is 2.46 bits per heavy atom. The van der Waals surface area contributed by atoms with Crippen molar-refractivity contribution in [2.75, 3.05) is 33.4 Å². The molecular weight excluding hydrogens is 166 g/mol. The van der Waals surface area contributed by atoms with Gasteiger partial charge in [0.25, 0.3) is 0 Å². The van der Waals surface area contributed by atoms with Crippen molar-refractivity contribution in [3.8, 4) is 0 Å². The van der Waals surface area contributed by atoms with E-state index in [-0.39, 0.29) is 12.0 Å². The molecule has 3 heteroatoms. The standard InChI is InChI=1S/C10H19NO2/c1-11(9-3-2-4-9)5-10(6-12)7-13-8-10/h9,12H,2-8H2,1H3. The Kier molecular flexibility index (Phi) is 2.58. The maximum Gasteiger partial charge on any atom is 0.0579 e. The van der Waals surface area contributed by atoms with Crippen molar-refractivity contribution in [3.05, 3.63) is 0 Å². The summed E-state index contributed by atoms with van der Waals surface area (Å²) in [5.41, 5.74) is 0.0599. The van der Waals surface area contributed by atoms with Crippen LogP contribution in [-0.2, 0) is 4.74 Å². The first-order valence-electron chi connectivity index (χ1n) is 5.15. The molecule has 0 radical (unpaired) electrons. The zero-order valence-corrected chi connectivity index (χ0v) is 8.33. The fourth-order valence-electron chi connectivity index (χ4n) is 2.11. The zero-order chi connectivity index (χ0) is 9.31. The quantitative estimate of drug-likeness (QED) is 0.691. The van der Waals surface area contributed by atoms with Crippen LogP contribution in [0.15, 0.2) is 0 Å². The molecule has 0 aromatic rings. The Balaban J connectivity index is 1.81. The van der Waals surface area contributed by atoms with Gasteiger partial charge in [0, 0.05) is 12.6 Å². The van der Waals surface area contributed by atoms with Crippen LogP contribution < -0.4 is 0 Å². The van der Waals surface area contributed by atoms with Gasteiger partial charge in [0.05, 0.1) is 25.2 Å². The van der Waals surface area contributed by atoms with Crippen molar-refractivity contribution in [2.45, 2.75) is 25.3 Å². The Morgan fingerprint density at radius 2 is 2.15 bits per heavy atom. The monoisotopic (exact) mass is 185 g/mol. The highest BCUT2D eigenvalue weighted by atomic mass is 16.5. The summed E-state index contributed by atoms with van der Waals surface area (Å²) in [5, 5.41) is 9.25. The minimum atomic E-state index is 0.0599. The number of nitrogens with zero attached hydrogens (tertiary/aromatic N) is 1. The van der Waals surface area contributed by atoms with Crippen LogP contribution >= 0.6 is 0 Å². The lowest BCUT2D eigenvalue weighted by molar-refractivity contribution is -0.151. The van der Waals surface area contributed by atoms with Crippen molar-refractivity contribution < 1.29 is 9.84 Å². The Morgan fingerprint density at radius 1 is 1.46 bits per heavy atom. The van der Waals surface area contributed by atoms with E-state index in [0.29, 0.717) is 0 Å². The molecule has 13 heavy (non-hydrogen) atoms. The molecule has 0 aromatic carbocycles. The second-order valence-electron chi connectivity index (χ2n) is 4.65. The van der Waals surface area contributed by atoms with E-state index in [9.17, 15) is 5.11 Å². The predicted molar refractivity (Wildman–Crippen MR) is 50.6 cm³/mol. The molecule has 2 fully saturated rings. The van der Waals surface area contributed by atoms with Gasteiger partial charge >= 0.3 is 0 Å². The third-order valence-electron chi connectivity index (χ3n) is 3.43. The molecule has 2 rings (SSSR count). The van der Waals surface area contributed by atoms with Gasteiger partial charge in [-0.1, -0.05) is 6.42 Å². The average Bonchev–Trinajstić information content (AvgIpc) is 1.93. The molecule has 1 heterocycles. The molecule has 1 saturated carbocycles. The molecule has 0 unspecified atom stereocenters. The molecule has 0 atom stereocenters. The van der Waals surface area contributed by atoms with Crippen molar-refractivity contribution in [1.29, 1.82) is 0 Å². The van der Waals surface area contributed by atoms with Crippen LogP contribution in [0.4, 0.5) is 0 Å². The van der Waals surface area contributed by atoms with Crippen LogP contribution in [0, 0.1) is 5.41 Å². The van der Waals surface area contributed by atoms with E-state index in [1.54, 1.807) is 0 Å². The molecule has 0 aromatic heterocycles. The van der Waals surface area contributed by atoms with Gasteiger partial charge in [-0.15, -0.1) is 0 Å². The second-order valence-corrected chi connectivity index (χ2v) is 4.65. The number of hydrogen-bond acceptors (Lipinski definition) is 3. The molecule has 1 aliphatic heterocycles. The summed E-state index contributed by atoms with van der Waals surface area (Å²) in [6.45, 7) is 2.74. The minimum absolute atomic E-state index is 0.0599. The number of aliphatic hydroxyl groups is 1. The zero-order valence-electron chi connectivity index (χ0n) is 8.33. The average molecular weight is 185 g/mol. The highest BCUT2D eigenvalue weighted by Gasteiger charge is 2.40. The van der Waals surface area contributed by atoms with Crippen LogP contribution in [0.3, 0.4) is 0 Å². The molecule has 0 spiro atoms. The number of aliphatic hydroxyl groups excluding tert-OH is 1. The number of hydrogen-bond donors (Lipinski definition) is 1. The molecule has 1 N–H and O–H groups in total. The van der Waals surface area contributed by atoms with Crippen molar-refractivity contribution >= 4 is 0 Å².